The summed E-state index contributed by atoms with van der Waals surface area (Å²) in [5.74, 6) is 0.787. The van der Waals surface area contributed by atoms with E-state index in [-0.39, 0.29) is 6.61 Å². The SMILES string of the molecule is CCCCCn1c(=N)n(C[C@@H](O)COc2ccccc2C)c2ccccc21. The van der Waals surface area contributed by atoms with Crippen LogP contribution in [0.5, 0.6) is 5.75 Å². The maximum atomic E-state index is 10.5. The first kappa shape index (κ1) is 19.2. The normalized spacial score (nSPS) is 12.4. The molecule has 0 saturated carbocycles. The third-order valence-corrected chi connectivity index (χ3v) is 4.88. The molecule has 0 saturated heterocycles. The Balaban J connectivity index is 1.76. The molecule has 0 fully saturated rings. The Morgan fingerprint density at radius 2 is 1.67 bits per heavy atom. The Morgan fingerprint density at radius 3 is 2.37 bits per heavy atom. The van der Waals surface area contributed by atoms with E-state index < -0.39 is 6.10 Å². The van der Waals surface area contributed by atoms with Crippen molar-refractivity contribution in [2.45, 2.75) is 52.3 Å². The first-order chi connectivity index (χ1) is 13.1. The topological polar surface area (TPSA) is 63.2 Å². The van der Waals surface area contributed by atoms with Gasteiger partial charge in [0.2, 0.25) is 5.62 Å². The standard InChI is InChI=1S/C22H29N3O2/c1-3-4-9-14-24-19-11-6-7-12-20(19)25(22(24)23)15-18(26)16-27-21-13-8-5-10-17(21)2/h5-8,10-13,18,23,26H,3-4,9,14-16H2,1-2H3/t18-/m1/s1. The second-order valence-corrected chi connectivity index (χ2v) is 7.01. The summed E-state index contributed by atoms with van der Waals surface area (Å²) < 4.78 is 9.70. The van der Waals surface area contributed by atoms with Crippen LogP contribution < -0.4 is 10.4 Å². The van der Waals surface area contributed by atoms with Crippen molar-refractivity contribution in [1.29, 1.82) is 5.41 Å². The number of aromatic nitrogens is 2. The lowest BCUT2D eigenvalue weighted by atomic mass is 10.2. The first-order valence-corrected chi connectivity index (χ1v) is 9.71. The Kier molecular flexibility index (Phi) is 6.35. The number of hydrogen-bond donors (Lipinski definition) is 2. The predicted octanol–water partition coefficient (Wildman–Crippen LogP) is 3.86. The largest absolute Gasteiger partial charge is 0.491 e. The highest BCUT2D eigenvalue weighted by Crippen LogP contribution is 2.17. The lowest BCUT2D eigenvalue weighted by Gasteiger charge is -2.15. The number of ether oxygens (including phenoxy) is 1. The van der Waals surface area contributed by atoms with E-state index >= 15 is 0 Å². The summed E-state index contributed by atoms with van der Waals surface area (Å²) in [6.45, 7) is 5.54. The number of hydrogen-bond acceptors (Lipinski definition) is 3. The van der Waals surface area contributed by atoms with Crippen LogP contribution in [0.3, 0.4) is 0 Å². The van der Waals surface area contributed by atoms with Gasteiger partial charge in [-0.05, 0) is 37.1 Å². The van der Waals surface area contributed by atoms with Crippen molar-refractivity contribution in [3.8, 4) is 5.75 Å². The summed E-state index contributed by atoms with van der Waals surface area (Å²) in [5.41, 5.74) is 3.51. The van der Waals surface area contributed by atoms with Crippen LogP contribution in [0.2, 0.25) is 0 Å². The molecular weight excluding hydrogens is 338 g/mol. The number of nitrogens with one attached hydrogen (secondary N) is 1. The van der Waals surface area contributed by atoms with Crippen LogP contribution >= 0.6 is 0 Å². The van der Waals surface area contributed by atoms with Gasteiger partial charge in [-0.3, -0.25) is 5.41 Å². The highest BCUT2D eigenvalue weighted by atomic mass is 16.5. The minimum atomic E-state index is -0.686. The van der Waals surface area contributed by atoms with Gasteiger partial charge in [0.1, 0.15) is 18.5 Å². The van der Waals surface area contributed by atoms with E-state index in [4.69, 9.17) is 10.1 Å². The molecule has 3 aromatic rings. The molecule has 0 radical (unpaired) electrons. The number of aliphatic hydroxyl groups is 1. The summed E-state index contributed by atoms with van der Waals surface area (Å²) >= 11 is 0. The zero-order valence-corrected chi connectivity index (χ0v) is 16.2. The average Bonchev–Trinajstić information content (AvgIpc) is 2.93. The molecule has 2 N–H and O–H groups in total. The minimum absolute atomic E-state index is 0.201. The summed E-state index contributed by atoms with van der Waals surface area (Å²) in [6.07, 6.45) is 2.67. The molecular formula is C22H29N3O2. The van der Waals surface area contributed by atoms with Gasteiger partial charge >= 0.3 is 0 Å². The minimum Gasteiger partial charge on any atom is -0.491 e. The van der Waals surface area contributed by atoms with Crippen molar-refractivity contribution < 1.29 is 9.84 Å². The molecule has 1 heterocycles. The van der Waals surface area contributed by atoms with Gasteiger partial charge in [-0.25, -0.2) is 0 Å². The highest BCUT2D eigenvalue weighted by molar-refractivity contribution is 5.75. The van der Waals surface area contributed by atoms with Gasteiger partial charge in [0.25, 0.3) is 0 Å². The molecule has 5 nitrogen and oxygen atoms in total. The van der Waals surface area contributed by atoms with Gasteiger partial charge in [0, 0.05) is 6.54 Å². The molecule has 0 unspecified atom stereocenters. The summed E-state index contributed by atoms with van der Waals surface area (Å²) in [7, 11) is 0. The van der Waals surface area contributed by atoms with E-state index in [0.717, 1.165) is 48.2 Å². The monoisotopic (exact) mass is 367 g/mol. The number of rotatable bonds is 9. The molecule has 2 aromatic carbocycles. The van der Waals surface area contributed by atoms with E-state index in [9.17, 15) is 5.11 Å². The second-order valence-electron chi connectivity index (χ2n) is 7.01. The van der Waals surface area contributed by atoms with Crippen molar-refractivity contribution in [3.05, 3.63) is 59.7 Å². The van der Waals surface area contributed by atoms with Crippen LogP contribution in [0.1, 0.15) is 31.7 Å². The fourth-order valence-corrected chi connectivity index (χ4v) is 3.39. The van der Waals surface area contributed by atoms with Gasteiger partial charge in [-0.15, -0.1) is 0 Å². The molecule has 0 amide bonds. The van der Waals surface area contributed by atoms with Crippen molar-refractivity contribution in [3.63, 3.8) is 0 Å². The summed E-state index contributed by atoms with van der Waals surface area (Å²) in [4.78, 5) is 0. The number of aryl methyl sites for hydroxylation is 2. The van der Waals surface area contributed by atoms with Crippen molar-refractivity contribution in [1.82, 2.24) is 9.13 Å². The predicted molar refractivity (Wildman–Crippen MR) is 108 cm³/mol. The molecule has 1 aromatic heterocycles. The van der Waals surface area contributed by atoms with Gasteiger partial charge in [-0.1, -0.05) is 50.1 Å². The third-order valence-electron chi connectivity index (χ3n) is 4.88. The quantitative estimate of drug-likeness (QED) is 0.564. The smallest absolute Gasteiger partial charge is 0.203 e. The molecule has 0 aliphatic heterocycles. The summed E-state index contributed by atoms with van der Waals surface area (Å²) in [5, 5.41) is 19.1. The zero-order chi connectivity index (χ0) is 19.2. The fraction of sp³-hybridized carbons (Fsp3) is 0.409. The molecule has 3 rings (SSSR count). The number of benzene rings is 2. The molecule has 27 heavy (non-hydrogen) atoms. The average molecular weight is 367 g/mol. The molecule has 0 aliphatic carbocycles. The van der Waals surface area contributed by atoms with E-state index in [1.165, 1.54) is 0 Å². The number of unbranched alkanes of at least 4 members (excludes halogenated alkanes) is 2. The maximum Gasteiger partial charge on any atom is 0.203 e. The first-order valence-electron chi connectivity index (χ1n) is 9.71. The lowest BCUT2D eigenvalue weighted by molar-refractivity contribution is 0.0917. The van der Waals surface area contributed by atoms with E-state index in [1.54, 1.807) is 0 Å². The van der Waals surface area contributed by atoms with Gasteiger partial charge in [0.05, 0.1) is 17.6 Å². The Labute approximate surface area is 160 Å². The van der Waals surface area contributed by atoms with Crippen molar-refractivity contribution in [2.24, 2.45) is 0 Å². The molecule has 144 valence electrons. The Bertz CT molecular complexity index is 942. The number of nitrogens with zero attached hydrogens (tertiary/aromatic N) is 2. The number of imidazole rings is 1. The molecule has 0 aliphatic rings. The second kappa shape index (κ2) is 8.91. The van der Waals surface area contributed by atoms with E-state index in [0.29, 0.717) is 12.2 Å². The zero-order valence-electron chi connectivity index (χ0n) is 16.2. The van der Waals surface area contributed by atoms with Crippen LogP contribution in [-0.2, 0) is 13.1 Å². The number of fused-ring (bicyclic) bond motifs is 1. The molecule has 1 atom stereocenters. The number of aliphatic hydroxyl groups excluding tert-OH is 1. The number of para-hydroxylation sites is 3. The lowest BCUT2D eigenvalue weighted by Crippen LogP contribution is -2.31. The van der Waals surface area contributed by atoms with E-state index in [2.05, 4.69) is 6.92 Å². The van der Waals surface area contributed by atoms with Crippen LogP contribution in [0, 0.1) is 12.3 Å². The van der Waals surface area contributed by atoms with Gasteiger partial charge in [0.15, 0.2) is 0 Å². The molecule has 5 heteroatoms. The van der Waals surface area contributed by atoms with E-state index in [1.807, 2.05) is 64.6 Å². The van der Waals surface area contributed by atoms with Crippen LogP contribution in [0.4, 0.5) is 0 Å². The molecule has 0 bridgehead atoms. The van der Waals surface area contributed by atoms with Gasteiger partial charge < -0.3 is 19.0 Å². The molecule has 0 spiro atoms. The van der Waals surface area contributed by atoms with Crippen LogP contribution in [-0.4, -0.2) is 27.0 Å². The van der Waals surface area contributed by atoms with Crippen molar-refractivity contribution >= 4 is 11.0 Å². The fourth-order valence-electron chi connectivity index (χ4n) is 3.39. The van der Waals surface area contributed by atoms with Crippen LogP contribution in [0.15, 0.2) is 48.5 Å². The third kappa shape index (κ3) is 4.42. The van der Waals surface area contributed by atoms with Crippen LogP contribution in [0.25, 0.3) is 11.0 Å². The summed E-state index contributed by atoms with van der Waals surface area (Å²) in [6, 6.07) is 15.8. The van der Waals surface area contributed by atoms with Gasteiger partial charge in [-0.2, -0.15) is 0 Å². The Morgan fingerprint density at radius 1 is 1.00 bits per heavy atom. The Hall–Kier alpha value is -2.53. The van der Waals surface area contributed by atoms with Crippen molar-refractivity contribution in [2.75, 3.05) is 6.61 Å². The maximum absolute atomic E-state index is 10.5. The highest BCUT2D eigenvalue weighted by Gasteiger charge is 2.14.